The average Bonchev–Trinajstić information content (AvgIpc) is 2.83. The van der Waals surface area contributed by atoms with Crippen molar-refractivity contribution < 1.29 is 14.3 Å². The van der Waals surface area contributed by atoms with Crippen LogP contribution in [0.5, 0.6) is 11.5 Å². The summed E-state index contributed by atoms with van der Waals surface area (Å²) < 4.78 is 10.9. The maximum atomic E-state index is 13.2. The molecule has 0 N–H and O–H groups in total. The van der Waals surface area contributed by atoms with Crippen molar-refractivity contribution in [3.05, 3.63) is 64.2 Å². The van der Waals surface area contributed by atoms with E-state index in [2.05, 4.69) is 42.2 Å². The normalized spacial score (nSPS) is 18.5. The van der Waals surface area contributed by atoms with Gasteiger partial charge in [-0.3, -0.25) is 9.69 Å². The summed E-state index contributed by atoms with van der Waals surface area (Å²) >= 11 is 1.53. The number of carbonyl (C=O) groups excluding carboxylic acids is 1. The van der Waals surface area contributed by atoms with Crippen molar-refractivity contribution in [2.75, 3.05) is 31.7 Å². The lowest BCUT2D eigenvalue weighted by Gasteiger charge is -2.42. The number of nitrogens with zero attached hydrogens (tertiary/aromatic N) is 3. The fourth-order valence-corrected chi connectivity index (χ4v) is 5.21. The Labute approximate surface area is 187 Å². The van der Waals surface area contributed by atoms with Gasteiger partial charge >= 0.3 is 0 Å². The van der Waals surface area contributed by atoms with E-state index in [0.717, 1.165) is 22.7 Å². The van der Waals surface area contributed by atoms with Gasteiger partial charge in [-0.2, -0.15) is 5.26 Å². The first-order valence-corrected chi connectivity index (χ1v) is 11.2. The zero-order valence-electron chi connectivity index (χ0n) is 17.9. The Hall–Kier alpha value is -3.11. The number of ether oxygens (including phenoxy) is 2. The number of anilines is 1. The van der Waals surface area contributed by atoms with Gasteiger partial charge in [0.15, 0.2) is 0 Å². The summed E-state index contributed by atoms with van der Waals surface area (Å²) in [6.45, 7) is 2.58. The number of methoxy groups -OCH3 is 2. The monoisotopic (exact) mass is 435 g/mol. The molecule has 7 heteroatoms. The van der Waals surface area contributed by atoms with Gasteiger partial charge in [0, 0.05) is 23.6 Å². The molecule has 2 aliphatic rings. The highest BCUT2D eigenvalue weighted by atomic mass is 32.2. The van der Waals surface area contributed by atoms with Crippen LogP contribution in [0.3, 0.4) is 0 Å². The Morgan fingerprint density at radius 1 is 1.16 bits per heavy atom. The van der Waals surface area contributed by atoms with E-state index in [4.69, 9.17) is 9.47 Å². The largest absolute Gasteiger partial charge is 0.497 e. The zero-order valence-corrected chi connectivity index (χ0v) is 18.7. The number of carbonyl (C=O) groups is 1. The average molecular weight is 436 g/mol. The topological polar surface area (TPSA) is 65.8 Å². The minimum atomic E-state index is -0.350. The van der Waals surface area contributed by atoms with E-state index < -0.39 is 0 Å². The molecule has 1 fully saturated rings. The molecule has 0 spiro atoms. The summed E-state index contributed by atoms with van der Waals surface area (Å²) in [6, 6.07) is 16.3. The number of hydrogen-bond acceptors (Lipinski definition) is 6. The van der Waals surface area contributed by atoms with Crippen molar-refractivity contribution in [1.29, 1.82) is 5.26 Å². The van der Waals surface area contributed by atoms with Crippen molar-refractivity contribution in [2.24, 2.45) is 0 Å². The number of allylic oxidation sites excluding steroid dienone is 1. The van der Waals surface area contributed by atoms with Crippen molar-refractivity contribution in [2.45, 2.75) is 25.7 Å². The van der Waals surface area contributed by atoms with Crippen LogP contribution in [0, 0.1) is 11.3 Å². The Bertz CT molecular complexity index is 1060. The van der Waals surface area contributed by atoms with Gasteiger partial charge < -0.3 is 14.4 Å². The predicted molar refractivity (Wildman–Crippen MR) is 122 cm³/mol. The smallest absolute Gasteiger partial charge is 0.229 e. The van der Waals surface area contributed by atoms with Gasteiger partial charge in [-0.25, -0.2) is 0 Å². The number of benzene rings is 2. The van der Waals surface area contributed by atoms with Crippen molar-refractivity contribution in [3.63, 3.8) is 0 Å². The molecule has 1 amide bonds. The van der Waals surface area contributed by atoms with E-state index in [-0.39, 0.29) is 18.2 Å². The molecule has 0 bridgehead atoms. The summed E-state index contributed by atoms with van der Waals surface area (Å²) in [5, 5.41) is 10.8. The third-order valence-electron chi connectivity index (χ3n) is 5.82. The summed E-state index contributed by atoms with van der Waals surface area (Å²) in [6.07, 6.45) is 1.21. The number of hydrogen-bond donors (Lipinski definition) is 0. The first-order chi connectivity index (χ1) is 15.1. The molecular weight excluding hydrogens is 410 g/mol. The molecule has 0 radical (unpaired) electrons. The molecule has 2 heterocycles. The molecule has 2 aromatic rings. The molecule has 31 heavy (non-hydrogen) atoms. The Morgan fingerprint density at radius 3 is 2.58 bits per heavy atom. The highest BCUT2D eigenvalue weighted by Gasteiger charge is 2.39. The summed E-state index contributed by atoms with van der Waals surface area (Å²) in [5.74, 6) is 1.66. The SMILES string of the molecule is CCc1ccc(N2CSC3=C(C#N)[C@@H](c4cc(OC)ccc4OC)CC(=O)N3C2)cc1. The summed E-state index contributed by atoms with van der Waals surface area (Å²) in [7, 11) is 3.19. The maximum absolute atomic E-state index is 13.2. The Morgan fingerprint density at radius 2 is 1.94 bits per heavy atom. The Balaban J connectivity index is 1.67. The van der Waals surface area contributed by atoms with Gasteiger partial charge in [0.1, 0.15) is 11.5 Å². The second-order valence-corrected chi connectivity index (χ2v) is 8.43. The highest BCUT2D eigenvalue weighted by molar-refractivity contribution is 8.03. The Kier molecular flexibility index (Phi) is 6.10. The zero-order chi connectivity index (χ0) is 22.0. The van der Waals surface area contributed by atoms with Crippen molar-refractivity contribution in [3.8, 4) is 17.6 Å². The summed E-state index contributed by atoms with van der Waals surface area (Å²) in [5.41, 5.74) is 3.77. The van der Waals surface area contributed by atoms with E-state index >= 15 is 0 Å². The minimum absolute atomic E-state index is 0.00579. The van der Waals surface area contributed by atoms with E-state index in [9.17, 15) is 10.1 Å². The molecule has 2 aliphatic heterocycles. The molecule has 2 aromatic carbocycles. The molecule has 0 saturated carbocycles. The molecule has 160 valence electrons. The molecule has 0 aromatic heterocycles. The highest BCUT2D eigenvalue weighted by Crippen LogP contribution is 2.46. The van der Waals surface area contributed by atoms with Gasteiger partial charge in [0.2, 0.25) is 5.91 Å². The summed E-state index contributed by atoms with van der Waals surface area (Å²) in [4.78, 5) is 17.1. The number of nitriles is 1. The number of rotatable bonds is 5. The third kappa shape index (κ3) is 3.96. The van der Waals surface area contributed by atoms with Crippen LogP contribution in [0.25, 0.3) is 0 Å². The first kappa shape index (κ1) is 21.1. The number of fused-ring (bicyclic) bond motifs is 1. The second-order valence-electron chi connectivity index (χ2n) is 7.49. The van der Waals surface area contributed by atoms with Gasteiger partial charge in [0.25, 0.3) is 0 Å². The third-order valence-corrected chi connectivity index (χ3v) is 6.97. The van der Waals surface area contributed by atoms with Crippen LogP contribution in [0.2, 0.25) is 0 Å². The molecular formula is C24H25N3O3S. The lowest BCUT2D eigenvalue weighted by atomic mass is 9.86. The molecule has 1 saturated heterocycles. The predicted octanol–water partition coefficient (Wildman–Crippen LogP) is 4.49. The van der Waals surface area contributed by atoms with Gasteiger partial charge in [-0.15, -0.1) is 0 Å². The number of aryl methyl sites for hydroxylation is 1. The number of amides is 1. The lowest BCUT2D eigenvalue weighted by Crippen LogP contribution is -2.47. The maximum Gasteiger partial charge on any atom is 0.229 e. The van der Waals surface area contributed by atoms with Crippen LogP contribution in [0.15, 0.2) is 53.1 Å². The minimum Gasteiger partial charge on any atom is -0.497 e. The molecule has 4 rings (SSSR count). The molecule has 6 nitrogen and oxygen atoms in total. The van der Waals surface area contributed by atoms with E-state index in [1.165, 1.54) is 17.3 Å². The van der Waals surface area contributed by atoms with E-state index in [1.54, 1.807) is 19.1 Å². The molecule has 0 unspecified atom stereocenters. The van der Waals surface area contributed by atoms with Gasteiger partial charge in [-0.1, -0.05) is 30.8 Å². The first-order valence-electron chi connectivity index (χ1n) is 10.2. The van der Waals surface area contributed by atoms with Gasteiger partial charge in [-0.05, 0) is 42.3 Å². The van der Waals surface area contributed by atoms with Crippen LogP contribution in [-0.2, 0) is 11.2 Å². The fraction of sp³-hybridized carbons (Fsp3) is 0.333. The van der Waals surface area contributed by atoms with Crippen LogP contribution in [0.4, 0.5) is 5.69 Å². The van der Waals surface area contributed by atoms with Crippen LogP contribution in [-0.4, -0.2) is 37.6 Å². The van der Waals surface area contributed by atoms with E-state index in [0.29, 0.717) is 29.6 Å². The van der Waals surface area contributed by atoms with Gasteiger partial charge in [0.05, 0.1) is 43.4 Å². The lowest BCUT2D eigenvalue weighted by molar-refractivity contribution is -0.129. The van der Waals surface area contributed by atoms with Crippen LogP contribution in [0.1, 0.15) is 30.4 Å². The van der Waals surface area contributed by atoms with Crippen LogP contribution >= 0.6 is 11.8 Å². The molecule has 0 aliphatic carbocycles. The van der Waals surface area contributed by atoms with Crippen LogP contribution < -0.4 is 14.4 Å². The fourth-order valence-electron chi connectivity index (χ4n) is 4.05. The quantitative estimate of drug-likeness (QED) is 0.690. The number of thioether (sulfide) groups is 1. The van der Waals surface area contributed by atoms with Crippen molar-refractivity contribution in [1.82, 2.24) is 4.90 Å². The standard InChI is InChI=1S/C24H25N3O3S/c1-4-16-5-7-17(8-6-16)26-14-27-23(28)12-19(21(13-25)24(27)31-15-26)20-11-18(29-2)9-10-22(20)30-3/h5-11,19H,4,12,14-15H2,1-3H3/t19-/m1/s1. The van der Waals surface area contributed by atoms with E-state index in [1.807, 2.05) is 18.2 Å². The molecule has 1 atom stereocenters. The van der Waals surface area contributed by atoms with Crippen molar-refractivity contribution >= 4 is 23.4 Å². The second kappa shape index (κ2) is 8.94.